The second-order valence-corrected chi connectivity index (χ2v) is 2.57. The number of amides is 1. The van der Waals surface area contributed by atoms with Gasteiger partial charge in [-0.1, -0.05) is 12.1 Å². The van der Waals surface area contributed by atoms with Gasteiger partial charge in [-0.2, -0.15) is 0 Å². The zero-order chi connectivity index (χ0) is 11.3. The molecule has 1 aromatic rings. The van der Waals surface area contributed by atoms with Crippen molar-refractivity contribution in [3.8, 4) is 0 Å². The number of carboxylic acids is 1. The molecule has 0 heterocycles. The average Bonchev–Trinajstić information content (AvgIpc) is 2.18. The summed E-state index contributed by atoms with van der Waals surface area (Å²) < 4.78 is 0. The lowest BCUT2D eigenvalue weighted by molar-refractivity contribution is -0.109. The molecule has 2 N–H and O–H groups in total. The molecule has 78 valence electrons. The fourth-order valence-electron chi connectivity index (χ4n) is 0.991. The Hall–Kier alpha value is -2.37. The molecule has 0 aliphatic rings. The van der Waals surface area contributed by atoms with Crippen LogP contribution in [0.3, 0.4) is 0 Å². The summed E-state index contributed by atoms with van der Waals surface area (Å²) in [6, 6.07) is 5.85. The second kappa shape index (κ2) is 4.75. The zero-order valence-corrected chi connectivity index (χ0v) is 7.51. The number of anilines is 1. The molecule has 0 aromatic heterocycles. The topological polar surface area (TPSA) is 102 Å². The van der Waals surface area contributed by atoms with Crippen LogP contribution >= 0.6 is 0 Å². The molecule has 0 bridgehead atoms. The summed E-state index contributed by atoms with van der Waals surface area (Å²) in [5, 5.41) is 23.0. The molecule has 0 fully saturated rings. The Bertz CT molecular complexity index is 414. The van der Waals surface area contributed by atoms with Crippen molar-refractivity contribution in [2.24, 2.45) is 5.16 Å². The highest BCUT2D eigenvalue weighted by Gasteiger charge is 2.09. The minimum absolute atomic E-state index is 0.0508. The lowest BCUT2D eigenvalue weighted by Crippen LogP contribution is -2.15. The van der Waals surface area contributed by atoms with E-state index >= 15 is 0 Å². The third kappa shape index (κ3) is 2.80. The summed E-state index contributed by atoms with van der Waals surface area (Å²) in [6.07, 6.45) is 0.526. The van der Waals surface area contributed by atoms with Crippen molar-refractivity contribution in [2.75, 3.05) is 5.32 Å². The third-order valence-corrected chi connectivity index (χ3v) is 1.59. The van der Waals surface area contributed by atoms with E-state index in [2.05, 4.69) is 10.5 Å². The van der Waals surface area contributed by atoms with Crippen LogP contribution in [0.1, 0.15) is 10.4 Å². The molecular weight excluding hydrogens is 200 g/mol. The van der Waals surface area contributed by atoms with Crippen LogP contribution in [0.4, 0.5) is 5.69 Å². The van der Waals surface area contributed by atoms with Gasteiger partial charge < -0.3 is 20.8 Å². The van der Waals surface area contributed by atoms with E-state index in [1.807, 2.05) is 0 Å². The molecular formula is C9H7N2O4-. The Labute approximate surface area is 84.8 Å². The van der Waals surface area contributed by atoms with Crippen LogP contribution in [-0.4, -0.2) is 23.2 Å². The molecule has 0 aliphatic heterocycles. The minimum Gasteiger partial charge on any atom is -0.792 e. The first kappa shape index (κ1) is 10.7. The van der Waals surface area contributed by atoms with E-state index < -0.39 is 11.9 Å². The lowest BCUT2D eigenvalue weighted by Gasteiger charge is -2.05. The van der Waals surface area contributed by atoms with Gasteiger partial charge in [0.05, 0.1) is 17.5 Å². The Morgan fingerprint density at radius 1 is 1.40 bits per heavy atom. The smallest absolute Gasteiger partial charge is 0.337 e. The number of carbonyl (C=O) groups is 2. The Balaban J connectivity index is 2.94. The van der Waals surface area contributed by atoms with Crippen molar-refractivity contribution < 1.29 is 14.7 Å². The number of benzene rings is 1. The van der Waals surface area contributed by atoms with Crippen LogP contribution in [-0.2, 0) is 4.79 Å². The molecule has 0 atom stereocenters. The Morgan fingerprint density at radius 3 is 2.67 bits per heavy atom. The predicted molar refractivity (Wildman–Crippen MR) is 53.9 cm³/mol. The highest BCUT2D eigenvalue weighted by molar-refractivity contribution is 6.32. The molecule has 0 radical (unpaired) electrons. The number of carbonyl (C=O) groups excluding carboxylic acids is 1. The monoisotopic (exact) mass is 207 g/mol. The molecule has 6 nitrogen and oxygen atoms in total. The number of carboxylic acid groups (broad SMARTS) is 1. The van der Waals surface area contributed by atoms with Gasteiger partial charge in [-0.15, -0.1) is 0 Å². The second-order valence-electron chi connectivity index (χ2n) is 2.57. The molecule has 0 aliphatic carbocycles. The molecule has 15 heavy (non-hydrogen) atoms. The van der Waals surface area contributed by atoms with Crippen molar-refractivity contribution in [1.29, 1.82) is 0 Å². The first-order valence-electron chi connectivity index (χ1n) is 3.94. The van der Waals surface area contributed by atoms with Crippen LogP contribution in [0.5, 0.6) is 0 Å². The van der Waals surface area contributed by atoms with Gasteiger partial charge in [-0.05, 0) is 12.1 Å². The average molecular weight is 207 g/mol. The fourth-order valence-corrected chi connectivity index (χ4v) is 0.991. The van der Waals surface area contributed by atoms with Crippen LogP contribution in [0.15, 0.2) is 29.4 Å². The van der Waals surface area contributed by atoms with Gasteiger partial charge >= 0.3 is 5.97 Å². The molecule has 1 rings (SSSR count). The first-order chi connectivity index (χ1) is 7.15. The summed E-state index contributed by atoms with van der Waals surface area (Å²) in [4.78, 5) is 21.6. The lowest BCUT2D eigenvalue weighted by atomic mass is 10.2. The van der Waals surface area contributed by atoms with E-state index in [9.17, 15) is 14.8 Å². The molecule has 1 aromatic carbocycles. The summed E-state index contributed by atoms with van der Waals surface area (Å²) in [5.74, 6) is -1.93. The summed E-state index contributed by atoms with van der Waals surface area (Å²) in [7, 11) is 0. The molecule has 6 heteroatoms. The van der Waals surface area contributed by atoms with E-state index in [0.29, 0.717) is 6.21 Å². The maximum Gasteiger partial charge on any atom is 0.337 e. The highest BCUT2D eigenvalue weighted by atomic mass is 16.4. The SMILES string of the molecule is O=C(C=N[O-])Nc1ccccc1C(=O)O. The van der Waals surface area contributed by atoms with E-state index in [1.165, 1.54) is 18.2 Å². The summed E-state index contributed by atoms with van der Waals surface area (Å²) >= 11 is 0. The highest BCUT2D eigenvalue weighted by Crippen LogP contribution is 2.14. The van der Waals surface area contributed by atoms with Gasteiger partial charge in [-0.3, -0.25) is 4.79 Å². The number of hydrogen-bond acceptors (Lipinski definition) is 4. The van der Waals surface area contributed by atoms with E-state index in [1.54, 1.807) is 6.07 Å². The van der Waals surface area contributed by atoms with Gasteiger partial charge in [0.15, 0.2) is 0 Å². The van der Waals surface area contributed by atoms with Crippen molar-refractivity contribution in [3.63, 3.8) is 0 Å². The summed E-state index contributed by atoms with van der Waals surface area (Å²) in [5.41, 5.74) is 0.0695. The van der Waals surface area contributed by atoms with Gasteiger partial charge in [0, 0.05) is 0 Å². The normalized spacial score (nSPS) is 10.1. The number of aromatic carboxylic acids is 1. The maximum atomic E-state index is 10.9. The van der Waals surface area contributed by atoms with Crippen molar-refractivity contribution in [1.82, 2.24) is 0 Å². The van der Waals surface area contributed by atoms with Crippen LogP contribution in [0.25, 0.3) is 0 Å². The number of nitrogens with zero attached hydrogens (tertiary/aromatic N) is 1. The number of rotatable bonds is 3. The molecule has 0 saturated carbocycles. The van der Waals surface area contributed by atoms with E-state index in [0.717, 1.165) is 0 Å². The molecule has 0 unspecified atom stereocenters. The minimum atomic E-state index is -1.16. The quantitative estimate of drug-likeness (QED) is 0.567. The largest absolute Gasteiger partial charge is 0.792 e. The van der Waals surface area contributed by atoms with Gasteiger partial charge in [0.1, 0.15) is 0 Å². The molecule has 0 saturated heterocycles. The molecule has 0 spiro atoms. The van der Waals surface area contributed by atoms with Crippen LogP contribution in [0, 0.1) is 5.21 Å². The number of para-hydroxylation sites is 1. The predicted octanol–water partition coefficient (Wildman–Crippen LogP) is 0.892. The van der Waals surface area contributed by atoms with Crippen molar-refractivity contribution in [3.05, 3.63) is 35.0 Å². The number of nitrogens with one attached hydrogen (secondary N) is 1. The summed E-state index contributed by atoms with van der Waals surface area (Å²) in [6.45, 7) is 0. The Kier molecular flexibility index (Phi) is 3.39. The van der Waals surface area contributed by atoms with Crippen molar-refractivity contribution in [2.45, 2.75) is 0 Å². The standard InChI is InChI=1S/C9H8N2O4/c12-8(5-10-15)11-7-4-2-1-3-6(7)9(13)14/h1-5,15H,(H,11,12)(H,13,14)/p-1. The number of hydrogen-bond donors (Lipinski definition) is 2. The van der Waals surface area contributed by atoms with Gasteiger partial charge in [0.25, 0.3) is 5.91 Å². The van der Waals surface area contributed by atoms with E-state index in [-0.39, 0.29) is 11.3 Å². The van der Waals surface area contributed by atoms with Crippen LogP contribution in [0.2, 0.25) is 0 Å². The molecule has 1 amide bonds. The van der Waals surface area contributed by atoms with E-state index in [4.69, 9.17) is 5.11 Å². The third-order valence-electron chi connectivity index (χ3n) is 1.59. The van der Waals surface area contributed by atoms with Gasteiger partial charge in [-0.25, -0.2) is 4.79 Å². The maximum absolute atomic E-state index is 10.9. The first-order valence-corrected chi connectivity index (χ1v) is 3.94. The van der Waals surface area contributed by atoms with Gasteiger partial charge in [0.2, 0.25) is 0 Å². The zero-order valence-electron chi connectivity index (χ0n) is 7.51. The Morgan fingerprint density at radius 2 is 2.07 bits per heavy atom. The van der Waals surface area contributed by atoms with Crippen LogP contribution < -0.4 is 5.32 Å². The van der Waals surface area contributed by atoms with Crippen molar-refractivity contribution >= 4 is 23.8 Å². The fraction of sp³-hybridized carbons (Fsp3) is 0.